The minimum absolute atomic E-state index is 0.00806. The van der Waals surface area contributed by atoms with E-state index in [0.29, 0.717) is 25.6 Å². The van der Waals surface area contributed by atoms with Gasteiger partial charge in [0, 0.05) is 29.9 Å². The van der Waals surface area contributed by atoms with Gasteiger partial charge in [0.2, 0.25) is 5.43 Å². The number of methoxy groups -OCH3 is 2. The van der Waals surface area contributed by atoms with Crippen LogP contribution in [0.1, 0.15) is 63.5 Å². The number of aliphatic hydroxyl groups excluding tert-OH is 3. The minimum Gasteiger partial charge on any atom is -0.506 e. The van der Waals surface area contributed by atoms with Gasteiger partial charge >= 0.3 is 11.9 Å². The van der Waals surface area contributed by atoms with Crippen LogP contribution in [0.3, 0.4) is 0 Å². The van der Waals surface area contributed by atoms with Gasteiger partial charge in [0.15, 0.2) is 0 Å². The molecular weight excluding hydrogens is 799 g/mol. The number of benzene rings is 2. The average Bonchev–Trinajstić information content (AvgIpc) is 3.08. The van der Waals surface area contributed by atoms with E-state index < -0.39 is 35.0 Å². The quantitative estimate of drug-likeness (QED) is 0.0692. The molecule has 0 radical (unpaired) electrons. The van der Waals surface area contributed by atoms with Crippen molar-refractivity contribution in [2.75, 3.05) is 40.6 Å². The fourth-order valence-corrected chi connectivity index (χ4v) is 5.80. The fourth-order valence-electron chi connectivity index (χ4n) is 4.79. The lowest BCUT2D eigenvalue weighted by Gasteiger charge is -2.25. The maximum absolute atomic E-state index is 14.3. The van der Waals surface area contributed by atoms with Crippen molar-refractivity contribution in [1.29, 1.82) is 0 Å². The maximum atomic E-state index is 14.3. The lowest BCUT2D eigenvalue weighted by atomic mass is 10.0. The Balaban J connectivity index is 0.000000354. The van der Waals surface area contributed by atoms with Crippen molar-refractivity contribution in [2.45, 2.75) is 53.6 Å². The first-order valence-electron chi connectivity index (χ1n) is 16.1. The van der Waals surface area contributed by atoms with Gasteiger partial charge < -0.3 is 38.8 Å². The highest BCUT2D eigenvalue weighted by molar-refractivity contribution is 9.11. The van der Waals surface area contributed by atoms with Gasteiger partial charge in [-0.25, -0.2) is 14.0 Å². The summed E-state index contributed by atoms with van der Waals surface area (Å²) in [6.07, 6.45) is 2.57. The van der Waals surface area contributed by atoms with E-state index >= 15 is 0 Å². The van der Waals surface area contributed by atoms with Gasteiger partial charge in [-0.1, -0.05) is 27.7 Å². The van der Waals surface area contributed by atoms with E-state index in [9.17, 15) is 34.1 Å². The third-order valence-corrected chi connectivity index (χ3v) is 8.95. The molecule has 2 atom stereocenters. The number of aliphatic hydroxyl groups is 3. The minimum atomic E-state index is -0.847. The van der Waals surface area contributed by atoms with Crippen LogP contribution in [0.25, 0.3) is 16.7 Å². The monoisotopic (exact) mass is 842 g/mol. The Labute approximate surface area is 313 Å². The normalized spacial score (nSPS) is 13.1. The van der Waals surface area contributed by atoms with Crippen LogP contribution in [-0.4, -0.2) is 84.7 Å². The van der Waals surface area contributed by atoms with E-state index in [1.54, 1.807) is 30.5 Å². The molecule has 3 N–H and O–H groups in total. The Morgan fingerprint density at radius 1 is 0.902 bits per heavy atom. The van der Waals surface area contributed by atoms with Crippen LogP contribution in [0.15, 0.2) is 54.8 Å². The Hall–Kier alpha value is -3.79. The Bertz CT molecular complexity index is 1810. The van der Waals surface area contributed by atoms with E-state index in [1.807, 2.05) is 27.7 Å². The van der Waals surface area contributed by atoms with Crippen molar-refractivity contribution in [3.8, 4) is 11.5 Å². The fraction of sp³-hybridized carbons (Fsp3) is 0.444. The highest BCUT2D eigenvalue weighted by Gasteiger charge is 2.24. The van der Waals surface area contributed by atoms with Crippen molar-refractivity contribution < 1.29 is 48.2 Å². The van der Waals surface area contributed by atoms with Gasteiger partial charge in [-0.05, 0) is 69.7 Å². The van der Waals surface area contributed by atoms with Crippen molar-refractivity contribution in [2.24, 2.45) is 16.8 Å². The summed E-state index contributed by atoms with van der Waals surface area (Å²) in [7, 11) is 2.92. The molecule has 0 aliphatic rings. The molecule has 0 aliphatic carbocycles. The van der Waals surface area contributed by atoms with Gasteiger partial charge in [0.05, 0.1) is 72.8 Å². The number of carbonyl (C=O) groups excluding carboxylic acids is 2. The first-order valence-corrected chi connectivity index (χ1v) is 17.7. The molecule has 2 aromatic carbocycles. The van der Waals surface area contributed by atoms with Crippen molar-refractivity contribution >= 4 is 66.7 Å². The number of hydrogen-bond acceptors (Lipinski definition) is 11. The molecule has 15 heteroatoms. The molecule has 0 spiro atoms. The van der Waals surface area contributed by atoms with Crippen LogP contribution in [0, 0.1) is 17.7 Å². The summed E-state index contributed by atoms with van der Waals surface area (Å²) < 4.78 is 37.3. The smallest absolute Gasteiger partial charge is 0.343 e. The van der Waals surface area contributed by atoms with Crippen LogP contribution in [0.4, 0.5) is 4.39 Å². The summed E-state index contributed by atoms with van der Waals surface area (Å²) in [6.45, 7) is 10.8. The van der Waals surface area contributed by atoms with Crippen LogP contribution >= 0.6 is 31.9 Å². The number of hydrogen-bond donors (Lipinski definition) is 3. The molecule has 51 heavy (non-hydrogen) atoms. The first-order chi connectivity index (χ1) is 24.1. The summed E-state index contributed by atoms with van der Waals surface area (Å²) in [6, 6.07) is 4.95. The van der Waals surface area contributed by atoms with Gasteiger partial charge in [-0.15, -0.1) is 0 Å². The standard InChI is InChI=1S/C18H23BrFNO5.C18H22BrNO5/c1-5-26-18(24)12(8-21-15(9-22)10(2)3)17(23)11-6-13(19)16(25-4)7-14(11)20;1-5-25-18(23)12-8-20(15(9-21)10(2)3)14-7-16(24-4)13(19)6-11(14)17(12)22/h6-8,10,15,22-23H,5,9H2,1-4H3;6-8,10,15,21H,5,9H2,1-4H3/t2*15-/m11/s1. The molecule has 0 saturated carbocycles. The molecule has 0 fully saturated rings. The largest absolute Gasteiger partial charge is 0.506 e. The first kappa shape index (κ1) is 43.4. The van der Waals surface area contributed by atoms with Crippen molar-refractivity contribution in [1.82, 2.24) is 4.57 Å². The van der Waals surface area contributed by atoms with Gasteiger partial charge in [-0.2, -0.15) is 0 Å². The lowest BCUT2D eigenvalue weighted by molar-refractivity contribution is -0.137. The summed E-state index contributed by atoms with van der Waals surface area (Å²) in [5.41, 5.74) is -0.385. The number of aromatic nitrogens is 1. The summed E-state index contributed by atoms with van der Waals surface area (Å²) in [4.78, 5) is 41.3. The number of pyridine rings is 1. The maximum Gasteiger partial charge on any atom is 0.343 e. The predicted molar refractivity (Wildman–Crippen MR) is 200 cm³/mol. The molecule has 280 valence electrons. The topological polar surface area (TPSA) is 166 Å². The molecule has 1 heterocycles. The van der Waals surface area contributed by atoms with E-state index in [2.05, 4.69) is 36.9 Å². The van der Waals surface area contributed by atoms with Gasteiger partial charge in [0.25, 0.3) is 0 Å². The molecule has 3 rings (SSSR count). The number of nitrogens with zero attached hydrogens (tertiary/aromatic N) is 2. The summed E-state index contributed by atoms with van der Waals surface area (Å²) in [5, 5.41) is 30.0. The summed E-state index contributed by atoms with van der Waals surface area (Å²) in [5.74, 6) is -2.02. The number of fused-ring (bicyclic) bond motifs is 1. The lowest BCUT2D eigenvalue weighted by Crippen LogP contribution is -2.26. The zero-order valence-electron chi connectivity index (χ0n) is 29.8. The molecule has 0 amide bonds. The molecule has 12 nitrogen and oxygen atoms in total. The number of halogens is 3. The molecule has 3 aromatic rings. The van der Waals surface area contributed by atoms with Gasteiger partial charge in [-0.3, -0.25) is 9.79 Å². The SMILES string of the molecule is CCOC(=O)C(C=N[C@H](CO)C(C)C)=C(O)c1cc(Br)c(OC)cc1F.CCOC(=O)c1cn([C@H](CO)C(C)C)c2cc(OC)c(Br)cc2c1=O. The molecule has 1 aromatic heterocycles. The number of rotatable bonds is 14. The van der Waals surface area contributed by atoms with Crippen LogP contribution < -0.4 is 14.9 Å². The number of esters is 2. The Morgan fingerprint density at radius 3 is 2.00 bits per heavy atom. The van der Waals surface area contributed by atoms with Gasteiger partial charge in [0.1, 0.15) is 34.2 Å². The van der Waals surface area contributed by atoms with Crippen LogP contribution in [-0.2, 0) is 14.3 Å². The average molecular weight is 845 g/mol. The third kappa shape index (κ3) is 10.9. The number of aliphatic imine (C=N–C) groups is 1. The third-order valence-electron chi connectivity index (χ3n) is 7.71. The van der Waals surface area contributed by atoms with E-state index in [1.165, 1.54) is 26.5 Å². The zero-order valence-corrected chi connectivity index (χ0v) is 33.0. The highest BCUT2D eigenvalue weighted by atomic mass is 79.9. The van der Waals surface area contributed by atoms with Crippen LogP contribution in [0.2, 0.25) is 0 Å². The van der Waals surface area contributed by atoms with E-state index in [4.69, 9.17) is 18.9 Å². The van der Waals surface area contributed by atoms with Crippen LogP contribution in [0.5, 0.6) is 11.5 Å². The summed E-state index contributed by atoms with van der Waals surface area (Å²) >= 11 is 6.58. The molecular formula is C36H45Br2FN2O10. The number of carbonyl (C=O) groups is 2. The van der Waals surface area contributed by atoms with E-state index in [0.717, 1.165) is 12.3 Å². The second-order valence-corrected chi connectivity index (χ2v) is 13.4. The highest BCUT2D eigenvalue weighted by Crippen LogP contribution is 2.33. The Morgan fingerprint density at radius 2 is 1.49 bits per heavy atom. The molecule has 0 bridgehead atoms. The predicted octanol–water partition coefficient (Wildman–Crippen LogP) is 6.66. The molecule has 0 aliphatic heterocycles. The number of ether oxygens (including phenoxy) is 4. The van der Waals surface area contributed by atoms with Crippen molar-refractivity contribution in [3.05, 3.63) is 72.1 Å². The van der Waals surface area contributed by atoms with E-state index in [-0.39, 0.29) is 66.8 Å². The molecule has 0 saturated heterocycles. The molecule has 0 unspecified atom stereocenters. The zero-order chi connectivity index (χ0) is 38.6. The second kappa shape index (κ2) is 20.3. The van der Waals surface area contributed by atoms with Crippen molar-refractivity contribution in [3.63, 3.8) is 0 Å². The second-order valence-electron chi connectivity index (χ2n) is 11.7. The Kier molecular flexibility index (Phi) is 17.3.